The molecule has 188 valence electrons. The maximum atomic E-state index is 13.4. The highest BCUT2D eigenvalue weighted by Crippen LogP contribution is 2.48. The van der Waals surface area contributed by atoms with Crippen LogP contribution in [0.4, 0.5) is 5.69 Å². The largest absolute Gasteiger partial charge is 0.508 e. The second kappa shape index (κ2) is 10.5. The Balaban J connectivity index is 1.40. The van der Waals surface area contributed by atoms with E-state index in [2.05, 4.69) is 4.98 Å². The van der Waals surface area contributed by atoms with E-state index in [4.69, 9.17) is 11.6 Å². The number of pyridine rings is 1. The maximum Gasteiger partial charge on any atom is 0.243 e. The quantitative estimate of drug-likeness (QED) is 0.251. The highest BCUT2D eigenvalue weighted by Gasteiger charge is 2.50. The summed E-state index contributed by atoms with van der Waals surface area (Å²) in [6.45, 7) is 1.93. The van der Waals surface area contributed by atoms with E-state index in [1.54, 1.807) is 35.2 Å². The third kappa shape index (κ3) is 5.16. The number of thioether (sulfide) groups is 1. The molecule has 3 aromatic carbocycles. The monoisotopic (exact) mass is 532 g/mol. The van der Waals surface area contributed by atoms with Gasteiger partial charge in [0.25, 0.3) is 0 Å². The molecule has 1 fully saturated rings. The molecule has 0 aliphatic carbocycles. The van der Waals surface area contributed by atoms with Gasteiger partial charge in [-0.25, -0.2) is 0 Å². The lowest BCUT2D eigenvalue weighted by Crippen LogP contribution is -2.57. The SMILES string of the molecule is Cc1ccc(-c2ccc(N3C(=O)[C@H](SC[C@@H](O)c4ccc(Cl)cc4)[C@H]3c3ccc(O)cc3O)cc2)cn1. The van der Waals surface area contributed by atoms with Crippen LogP contribution in [0.3, 0.4) is 0 Å². The molecule has 0 spiro atoms. The number of aromatic hydroxyl groups is 2. The second-order valence-electron chi connectivity index (χ2n) is 8.95. The summed E-state index contributed by atoms with van der Waals surface area (Å²) in [5, 5.41) is 31.2. The van der Waals surface area contributed by atoms with Gasteiger partial charge in [0.05, 0.1) is 12.1 Å². The number of amides is 1. The lowest BCUT2D eigenvalue weighted by Gasteiger charge is -2.47. The summed E-state index contributed by atoms with van der Waals surface area (Å²) in [4.78, 5) is 19.4. The molecule has 0 unspecified atom stereocenters. The van der Waals surface area contributed by atoms with Crippen molar-refractivity contribution < 1.29 is 20.1 Å². The summed E-state index contributed by atoms with van der Waals surface area (Å²) in [5.74, 6) is 0.0294. The smallest absolute Gasteiger partial charge is 0.243 e. The predicted molar refractivity (Wildman–Crippen MR) is 147 cm³/mol. The molecule has 1 aliphatic heterocycles. The molecule has 0 radical (unpaired) electrons. The van der Waals surface area contributed by atoms with Gasteiger partial charge < -0.3 is 20.2 Å². The van der Waals surface area contributed by atoms with Gasteiger partial charge in [0.1, 0.15) is 16.7 Å². The van der Waals surface area contributed by atoms with E-state index in [0.29, 0.717) is 27.6 Å². The average molecular weight is 533 g/mol. The number of anilines is 1. The van der Waals surface area contributed by atoms with Crippen LogP contribution in [0.1, 0.15) is 29.0 Å². The third-order valence-electron chi connectivity index (χ3n) is 6.46. The molecule has 37 heavy (non-hydrogen) atoms. The molecular formula is C29H25ClN2O4S. The Morgan fingerprint density at radius 1 is 0.973 bits per heavy atom. The molecule has 6 nitrogen and oxygen atoms in total. The molecule has 8 heteroatoms. The van der Waals surface area contributed by atoms with Crippen molar-refractivity contribution in [3.63, 3.8) is 0 Å². The second-order valence-corrected chi connectivity index (χ2v) is 10.6. The lowest BCUT2D eigenvalue weighted by molar-refractivity contribution is -0.123. The number of rotatable bonds is 7. The van der Waals surface area contributed by atoms with Gasteiger partial charge in [-0.2, -0.15) is 0 Å². The van der Waals surface area contributed by atoms with Gasteiger partial charge in [0.2, 0.25) is 5.91 Å². The first kappa shape index (κ1) is 25.1. The topological polar surface area (TPSA) is 93.9 Å². The number of nitrogens with zero attached hydrogens (tertiary/aromatic N) is 2. The van der Waals surface area contributed by atoms with E-state index in [-0.39, 0.29) is 17.4 Å². The summed E-state index contributed by atoms with van der Waals surface area (Å²) >= 11 is 7.29. The Morgan fingerprint density at radius 3 is 2.32 bits per heavy atom. The summed E-state index contributed by atoms with van der Waals surface area (Å²) in [6.07, 6.45) is 1.04. The minimum absolute atomic E-state index is 0.0585. The summed E-state index contributed by atoms with van der Waals surface area (Å²) in [6, 6.07) is 22.5. The predicted octanol–water partition coefficient (Wildman–Crippen LogP) is 6.04. The van der Waals surface area contributed by atoms with Crippen LogP contribution in [-0.2, 0) is 4.79 Å². The third-order valence-corrected chi connectivity index (χ3v) is 8.04. The number of carbonyl (C=O) groups is 1. The number of aromatic nitrogens is 1. The van der Waals surface area contributed by atoms with Gasteiger partial charge in [-0.3, -0.25) is 9.78 Å². The molecule has 2 heterocycles. The van der Waals surface area contributed by atoms with Crippen LogP contribution in [0, 0.1) is 6.92 Å². The molecule has 5 rings (SSSR count). The van der Waals surface area contributed by atoms with Crippen molar-refractivity contribution in [3.05, 3.63) is 107 Å². The van der Waals surface area contributed by atoms with Crippen molar-refractivity contribution >= 4 is 35.0 Å². The van der Waals surface area contributed by atoms with Crippen LogP contribution < -0.4 is 4.90 Å². The highest BCUT2D eigenvalue weighted by atomic mass is 35.5. The van der Waals surface area contributed by atoms with Crippen LogP contribution in [0.25, 0.3) is 11.1 Å². The minimum Gasteiger partial charge on any atom is -0.508 e. The number of aryl methyl sites for hydroxylation is 1. The Bertz CT molecular complexity index is 1410. The van der Waals surface area contributed by atoms with Crippen LogP contribution in [-0.4, -0.2) is 37.2 Å². The number of hydrogen-bond acceptors (Lipinski definition) is 6. The van der Waals surface area contributed by atoms with Crippen LogP contribution >= 0.6 is 23.4 Å². The maximum absolute atomic E-state index is 13.4. The zero-order valence-corrected chi connectivity index (χ0v) is 21.5. The van der Waals surface area contributed by atoms with Crippen LogP contribution in [0.15, 0.2) is 85.1 Å². The van der Waals surface area contributed by atoms with Crippen molar-refractivity contribution in [1.29, 1.82) is 0 Å². The number of halogens is 1. The Kier molecular flexibility index (Phi) is 7.11. The lowest BCUT2D eigenvalue weighted by atomic mass is 9.91. The van der Waals surface area contributed by atoms with Crippen molar-refractivity contribution in [1.82, 2.24) is 4.98 Å². The first-order valence-electron chi connectivity index (χ1n) is 11.7. The van der Waals surface area contributed by atoms with E-state index in [1.807, 2.05) is 49.5 Å². The zero-order chi connectivity index (χ0) is 26.1. The number of hydrogen-bond donors (Lipinski definition) is 3. The van der Waals surface area contributed by atoms with Gasteiger partial charge in [-0.05, 0) is 60.5 Å². The molecule has 1 amide bonds. The highest BCUT2D eigenvalue weighted by molar-refractivity contribution is 8.00. The fourth-order valence-electron chi connectivity index (χ4n) is 4.43. The van der Waals surface area contributed by atoms with E-state index in [1.165, 1.54) is 23.9 Å². The van der Waals surface area contributed by atoms with Gasteiger partial charge in [-0.15, -0.1) is 11.8 Å². The molecule has 3 N–H and O–H groups in total. The number of benzene rings is 3. The van der Waals surface area contributed by atoms with Crippen molar-refractivity contribution in [2.24, 2.45) is 0 Å². The van der Waals surface area contributed by atoms with Crippen molar-refractivity contribution in [3.8, 4) is 22.6 Å². The molecule has 1 aliphatic rings. The van der Waals surface area contributed by atoms with Gasteiger partial charge in [0, 0.05) is 45.5 Å². The molecule has 1 aromatic heterocycles. The zero-order valence-electron chi connectivity index (χ0n) is 20.0. The number of phenolic OH excluding ortho intramolecular Hbond substituents is 2. The fraction of sp³-hybridized carbons (Fsp3) is 0.172. The minimum atomic E-state index is -0.777. The van der Waals surface area contributed by atoms with E-state index in [0.717, 1.165) is 16.8 Å². The Morgan fingerprint density at radius 2 is 1.68 bits per heavy atom. The number of phenols is 2. The molecule has 1 saturated heterocycles. The fourth-order valence-corrected chi connectivity index (χ4v) is 5.84. The Labute approximate surface area is 224 Å². The molecule has 0 saturated carbocycles. The van der Waals surface area contributed by atoms with Crippen LogP contribution in [0.5, 0.6) is 11.5 Å². The van der Waals surface area contributed by atoms with Gasteiger partial charge >= 0.3 is 0 Å². The van der Waals surface area contributed by atoms with E-state index >= 15 is 0 Å². The molecule has 4 aromatic rings. The average Bonchev–Trinajstić information content (AvgIpc) is 2.89. The molecule has 0 bridgehead atoms. The molecular weight excluding hydrogens is 508 g/mol. The number of aliphatic hydroxyl groups is 1. The molecule has 3 atom stereocenters. The van der Waals surface area contributed by atoms with E-state index in [9.17, 15) is 20.1 Å². The summed E-state index contributed by atoms with van der Waals surface area (Å²) in [7, 11) is 0. The van der Waals surface area contributed by atoms with Gasteiger partial charge in [0.15, 0.2) is 0 Å². The standard InChI is InChI=1S/C29H25ClN2O4S/c1-17-2-3-20(15-31-17)18-6-10-22(11-7-18)32-27(24-13-12-23(33)14-25(24)34)28(29(32)36)37-16-26(35)19-4-8-21(30)9-5-19/h2-15,26-28,33-35H,16H2,1H3/t26-,27-,28-/m1/s1. The number of aliphatic hydroxyl groups excluding tert-OH is 1. The van der Waals surface area contributed by atoms with E-state index < -0.39 is 17.4 Å². The van der Waals surface area contributed by atoms with Crippen molar-refractivity contribution in [2.75, 3.05) is 10.7 Å². The number of carbonyl (C=O) groups excluding carboxylic acids is 1. The first-order valence-corrected chi connectivity index (χ1v) is 13.2. The van der Waals surface area contributed by atoms with Crippen molar-refractivity contribution in [2.45, 2.75) is 24.3 Å². The summed E-state index contributed by atoms with van der Waals surface area (Å²) < 4.78 is 0. The normalized spacial score (nSPS) is 17.9. The first-order chi connectivity index (χ1) is 17.8. The van der Waals surface area contributed by atoms with Gasteiger partial charge in [-0.1, -0.05) is 41.9 Å². The number of β-lactam (4-membered cyclic amide) rings is 1. The Hall–Kier alpha value is -3.52. The van der Waals surface area contributed by atoms with Crippen LogP contribution in [0.2, 0.25) is 5.02 Å². The summed E-state index contributed by atoms with van der Waals surface area (Å²) in [5.41, 5.74) is 4.83.